The van der Waals surface area contributed by atoms with Gasteiger partial charge in [0, 0.05) is 126 Å². The van der Waals surface area contributed by atoms with Crippen molar-refractivity contribution in [3.63, 3.8) is 0 Å². The molecule has 8 aromatic carbocycles. The molecule has 0 fully saturated rings. The van der Waals surface area contributed by atoms with Crippen molar-refractivity contribution in [1.29, 1.82) is 0 Å². The monoisotopic (exact) mass is 1180 g/mol. The second-order valence-corrected chi connectivity index (χ2v) is 19.3. The minimum absolute atomic E-state index is 0. The number of benzene rings is 8. The molecule has 0 amide bonds. The maximum Gasteiger partial charge on any atom is 0.300 e. The summed E-state index contributed by atoms with van der Waals surface area (Å²) in [7, 11) is 0. The summed E-state index contributed by atoms with van der Waals surface area (Å²) in [6.07, 6.45) is 0. The van der Waals surface area contributed by atoms with E-state index in [9.17, 15) is 0 Å². The summed E-state index contributed by atoms with van der Waals surface area (Å²) in [5.41, 5.74) is 6.13. The van der Waals surface area contributed by atoms with Crippen molar-refractivity contribution in [3.8, 4) is 5.69 Å². The summed E-state index contributed by atoms with van der Waals surface area (Å²) in [6, 6.07) is 60.3. The van der Waals surface area contributed by atoms with Gasteiger partial charge in [0.1, 0.15) is 0 Å². The molecular weight excluding hydrogens is 1140 g/mol. The Morgan fingerprint density at radius 2 is 0.754 bits per heavy atom. The van der Waals surface area contributed by atoms with Crippen molar-refractivity contribution < 1.29 is 40.2 Å². The Bertz CT molecular complexity index is 3450. The number of carboxylic acids is 2. The number of rotatable bonds is 1. The number of hydrogen-bond donors (Lipinski definition) is 3. The van der Waals surface area contributed by atoms with Crippen LogP contribution >= 0.6 is 70.5 Å². The number of halogens is 3. The Labute approximate surface area is 422 Å². The normalized spacial score (nSPS) is 10.5. The van der Waals surface area contributed by atoms with Gasteiger partial charge in [0.2, 0.25) is 0 Å². The fourth-order valence-electron chi connectivity index (χ4n) is 7.60. The van der Waals surface area contributed by atoms with Crippen LogP contribution in [0, 0.1) is 0 Å². The second-order valence-electron chi connectivity index (χ2n) is 14.4. The van der Waals surface area contributed by atoms with E-state index in [1.54, 1.807) is 0 Å². The fraction of sp³-hybridized carbons (Fsp3) is 0.0566. The van der Waals surface area contributed by atoms with Gasteiger partial charge in [-0.2, -0.15) is 0 Å². The zero-order chi connectivity index (χ0) is 44.2. The quantitative estimate of drug-likeness (QED) is 0.143. The standard InChI is InChI=1S/C24H14BrNS.C12H6Br2S.C12H9N.2C2H4O2.CH4.Pd/c25-15-9-11-23-19(13-15)20-14-16(10-12-24(20)27-23)26-21-7-3-1-5-17(21)18-6-2-4-8-22(18)26;13-7-1-3-11-9(5-7)10-6-8(14)2-4-12(10)15-11;1-3-7-11-9(5-1)10-6-2-4-8-12(10)13-11;2*1-2(3)4;;/h1-14H;1-6H;1-8,13H;2*1H3,(H,3,4);1H4;. The van der Waals surface area contributed by atoms with Crippen LogP contribution in [0.4, 0.5) is 0 Å². The second kappa shape index (κ2) is 21.9. The van der Waals surface area contributed by atoms with E-state index < -0.39 is 11.9 Å². The van der Waals surface area contributed by atoms with Gasteiger partial charge in [-0.15, -0.1) is 22.7 Å². The molecule has 4 aromatic heterocycles. The van der Waals surface area contributed by atoms with E-state index in [1.807, 2.05) is 22.7 Å². The summed E-state index contributed by atoms with van der Waals surface area (Å²) >= 11 is 14.3. The number of nitrogens with zero attached hydrogens (tertiary/aromatic N) is 1. The van der Waals surface area contributed by atoms with E-state index in [0.717, 1.165) is 27.3 Å². The van der Waals surface area contributed by atoms with Crippen molar-refractivity contribution in [1.82, 2.24) is 9.55 Å². The number of carbonyl (C=O) groups is 2. The van der Waals surface area contributed by atoms with Crippen molar-refractivity contribution >= 4 is 166 Å². The zero-order valence-electron chi connectivity index (χ0n) is 34.1. The first-order chi connectivity index (χ1) is 30.4. The minimum atomic E-state index is -0.833. The van der Waals surface area contributed by atoms with Crippen LogP contribution in [-0.2, 0) is 30.0 Å². The Morgan fingerprint density at radius 3 is 1.14 bits per heavy atom. The van der Waals surface area contributed by atoms with Crippen molar-refractivity contribution in [2.75, 3.05) is 0 Å². The van der Waals surface area contributed by atoms with Crippen LogP contribution in [0.25, 0.3) is 89.6 Å². The molecule has 0 radical (unpaired) electrons. The molecule has 3 N–H and O–H groups in total. The van der Waals surface area contributed by atoms with Gasteiger partial charge in [-0.3, -0.25) is 9.59 Å². The number of H-pyrrole nitrogens is 1. The third kappa shape index (κ3) is 11.1. The topological polar surface area (TPSA) is 95.3 Å². The third-order valence-corrected chi connectivity index (χ3v) is 13.8. The Hall–Kier alpha value is -5.16. The molecule has 0 aliphatic carbocycles. The number of aliphatic carboxylic acids is 2. The molecule has 12 heteroatoms. The molecule has 0 atom stereocenters. The number of aromatic amines is 1. The molecular formula is C53H41Br3N2O4PdS2. The van der Waals surface area contributed by atoms with Gasteiger partial charge < -0.3 is 19.8 Å². The van der Waals surface area contributed by atoms with E-state index in [4.69, 9.17) is 19.8 Å². The molecule has 65 heavy (non-hydrogen) atoms. The summed E-state index contributed by atoms with van der Waals surface area (Å²) < 4.78 is 11.1. The number of fused-ring (bicyclic) bond motifs is 12. The Balaban J connectivity index is 0.000000157. The van der Waals surface area contributed by atoms with Crippen LogP contribution in [0.3, 0.4) is 0 Å². The van der Waals surface area contributed by atoms with Gasteiger partial charge >= 0.3 is 0 Å². The largest absolute Gasteiger partial charge is 0.481 e. The van der Waals surface area contributed by atoms with Crippen LogP contribution in [-0.4, -0.2) is 31.7 Å². The van der Waals surface area contributed by atoms with Gasteiger partial charge in [-0.05, 0) is 97.1 Å². The molecule has 0 unspecified atom stereocenters. The number of carboxylic acid groups (broad SMARTS) is 2. The molecule has 0 spiro atoms. The van der Waals surface area contributed by atoms with E-state index in [2.05, 4.69) is 227 Å². The SMILES string of the molecule is Brc1ccc2sc3ccc(-n4c5ccccc5c5ccccc54)cc3c2c1.Brc1ccc2sc3ccc(Br)cc3c2c1.C.CC(=O)O.CC(=O)O.[Pd].c1ccc2c(c1)[nH]c1ccccc12. The fourth-order valence-corrected chi connectivity index (χ4v) is 10.8. The summed E-state index contributed by atoms with van der Waals surface area (Å²) in [5.74, 6) is -1.67. The summed E-state index contributed by atoms with van der Waals surface area (Å²) in [5, 5.41) is 25.3. The van der Waals surface area contributed by atoms with Crippen molar-refractivity contribution in [3.05, 3.63) is 183 Å². The van der Waals surface area contributed by atoms with Crippen molar-refractivity contribution in [2.24, 2.45) is 0 Å². The Kier molecular flexibility index (Phi) is 16.6. The van der Waals surface area contributed by atoms with Crippen molar-refractivity contribution in [2.45, 2.75) is 21.3 Å². The Morgan fingerprint density at radius 1 is 0.446 bits per heavy atom. The van der Waals surface area contributed by atoms with Gasteiger partial charge in [0.15, 0.2) is 0 Å². The maximum absolute atomic E-state index is 9.00. The molecule has 0 saturated carbocycles. The van der Waals surface area contributed by atoms with Crippen LogP contribution in [0.5, 0.6) is 0 Å². The van der Waals surface area contributed by atoms with E-state index in [0.29, 0.717) is 0 Å². The van der Waals surface area contributed by atoms with E-state index >= 15 is 0 Å². The van der Waals surface area contributed by atoms with Gasteiger partial charge in [0.25, 0.3) is 11.9 Å². The summed E-state index contributed by atoms with van der Waals surface area (Å²) in [4.78, 5) is 21.4. The van der Waals surface area contributed by atoms with E-state index in [-0.39, 0.29) is 27.8 Å². The number of aromatic nitrogens is 2. The maximum atomic E-state index is 9.00. The van der Waals surface area contributed by atoms with Crippen LogP contribution in [0.15, 0.2) is 183 Å². The first-order valence-electron chi connectivity index (χ1n) is 19.7. The molecule has 0 bridgehead atoms. The van der Waals surface area contributed by atoms with Gasteiger partial charge in [-0.1, -0.05) is 128 Å². The average molecular weight is 1180 g/mol. The molecule has 0 aliphatic rings. The molecule has 0 aliphatic heterocycles. The zero-order valence-corrected chi connectivity index (χ0v) is 42.0. The van der Waals surface area contributed by atoms with Crippen LogP contribution in [0.2, 0.25) is 0 Å². The smallest absolute Gasteiger partial charge is 0.300 e. The number of thiophene rings is 2. The molecule has 6 nitrogen and oxygen atoms in total. The molecule has 330 valence electrons. The predicted octanol–water partition coefficient (Wildman–Crippen LogP) is 17.6. The van der Waals surface area contributed by atoms with Gasteiger partial charge in [-0.25, -0.2) is 0 Å². The number of para-hydroxylation sites is 4. The molecule has 12 aromatic rings. The van der Waals surface area contributed by atoms with Gasteiger partial charge in [0.05, 0.1) is 11.0 Å². The summed E-state index contributed by atoms with van der Waals surface area (Å²) in [6.45, 7) is 2.17. The molecule has 4 heterocycles. The predicted molar refractivity (Wildman–Crippen MR) is 285 cm³/mol. The number of nitrogens with one attached hydrogen (secondary N) is 1. The first-order valence-corrected chi connectivity index (χ1v) is 23.7. The molecule has 0 saturated heterocycles. The number of hydrogen-bond acceptors (Lipinski definition) is 4. The van der Waals surface area contributed by atoms with Crippen LogP contribution in [0.1, 0.15) is 21.3 Å². The molecule has 12 rings (SSSR count). The minimum Gasteiger partial charge on any atom is -0.481 e. The third-order valence-electron chi connectivity index (χ3n) is 10.1. The van der Waals surface area contributed by atoms with E-state index in [1.165, 1.54) is 89.6 Å². The van der Waals surface area contributed by atoms with Crippen LogP contribution < -0.4 is 0 Å². The first kappa shape index (κ1) is 49.3. The average Bonchev–Trinajstić information content (AvgIpc) is 4.02.